The number of hydrogen-bond acceptors (Lipinski definition) is 4. The Bertz CT molecular complexity index is 670. The van der Waals surface area contributed by atoms with Gasteiger partial charge in [-0.2, -0.15) is 0 Å². The molecule has 1 saturated heterocycles. The Morgan fingerprint density at radius 3 is 2.54 bits per heavy atom. The minimum Gasteiger partial charge on any atom is -0.462 e. The molecule has 3 rings (SSSR count). The first kappa shape index (κ1) is 18.2. The molecule has 1 saturated carbocycles. The first-order valence-electron chi connectivity index (χ1n) is 9.20. The fraction of sp³-hybridized carbons (Fsp3) is 0.526. The van der Waals surface area contributed by atoms with Gasteiger partial charge in [-0.15, -0.1) is 0 Å². The van der Waals surface area contributed by atoms with E-state index in [4.69, 9.17) is 4.74 Å². The van der Waals surface area contributed by atoms with Gasteiger partial charge >= 0.3 is 12.0 Å². The van der Waals surface area contributed by atoms with Gasteiger partial charge in [0.25, 0.3) is 0 Å². The summed E-state index contributed by atoms with van der Waals surface area (Å²) >= 11 is 0. The van der Waals surface area contributed by atoms with Crippen LogP contribution in [0.25, 0.3) is 0 Å². The van der Waals surface area contributed by atoms with Gasteiger partial charge in [0.15, 0.2) is 0 Å². The molecule has 0 aromatic heterocycles. The van der Waals surface area contributed by atoms with Crippen molar-refractivity contribution in [2.45, 2.75) is 38.6 Å². The normalized spacial score (nSPS) is 19.6. The van der Waals surface area contributed by atoms with Crippen molar-refractivity contribution in [2.24, 2.45) is 5.92 Å². The molecule has 2 N–H and O–H groups in total. The number of anilines is 1. The molecule has 7 nitrogen and oxygen atoms in total. The summed E-state index contributed by atoms with van der Waals surface area (Å²) in [7, 11) is 0. The number of piperidine rings is 1. The van der Waals surface area contributed by atoms with Crippen LogP contribution >= 0.6 is 0 Å². The summed E-state index contributed by atoms with van der Waals surface area (Å²) in [6.07, 6.45) is 3.68. The second-order valence-corrected chi connectivity index (χ2v) is 6.80. The molecule has 1 atom stereocenters. The van der Waals surface area contributed by atoms with E-state index in [9.17, 15) is 14.4 Å². The van der Waals surface area contributed by atoms with E-state index in [0.717, 1.165) is 25.7 Å². The zero-order valence-corrected chi connectivity index (χ0v) is 15.0. The van der Waals surface area contributed by atoms with Crippen LogP contribution < -0.4 is 10.6 Å². The topological polar surface area (TPSA) is 87.7 Å². The van der Waals surface area contributed by atoms with Crippen molar-refractivity contribution in [3.05, 3.63) is 29.8 Å². The number of urea groups is 1. The smallest absolute Gasteiger partial charge is 0.338 e. The molecule has 1 aromatic carbocycles. The van der Waals surface area contributed by atoms with Gasteiger partial charge in [0.1, 0.15) is 0 Å². The van der Waals surface area contributed by atoms with E-state index in [1.54, 1.807) is 36.1 Å². The molecular formula is C19H25N3O4. The van der Waals surface area contributed by atoms with Crippen molar-refractivity contribution >= 4 is 23.6 Å². The first-order valence-corrected chi connectivity index (χ1v) is 9.20. The fourth-order valence-corrected chi connectivity index (χ4v) is 3.02. The number of carbonyl (C=O) groups excluding carboxylic acids is 3. The highest BCUT2D eigenvalue weighted by Gasteiger charge is 2.31. The molecule has 1 unspecified atom stereocenters. The van der Waals surface area contributed by atoms with Crippen molar-refractivity contribution in [1.29, 1.82) is 0 Å². The van der Waals surface area contributed by atoms with Crippen molar-refractivity contribution in [1.82, 2.24) is 10.2 Å². The highest BCUT2D eigenvalue weighted by molar-refractivity contribution is 5.94. The average Bonchev–Trinajstić information content (AvgIpc) is 3.46. The summed E-state index contributed by atoms with van der Waals surface area (Å²) in [5.41, 5.74) is 1.08. The van der Waals surface area contributed by atoms with E-state index in [-0.39, 0.29) is 23.8 Å². The number of nitrogens with one attached hydrogen (secondary N) is 2. The van der Waals surface area contributed by atoms with Gasteiger partial charge in [-0.1, -0.05) is 0 Å². The van der Waals surface area contributed by atoms with Gasteiger partial charge in [-0.25, -0.2) is 9.59 Å². The Hall–Kier alpha value is -2.57. The zero-order chi connectivity index (χ0) is 18.5. The summed E-state index contributed by atoms with van der Waals surface area (Å²) in [6, 6.07) is 6.88. The molecule has 7 heteroatoms. The lowest BCUT2D eigenvalue weighted by Gasteiger charge is -2.32. The number of esters is 1. The first-order chi connectivity index (χ1) is 12.6. The molecule has 1 aromatic rings. The predicted molar refractivity (Wildman–Crippen MR) is 96.9 cm³/mol. The summed E-state index contributed by atoms with van der Waals surface area (Å²) in [5.74, 6) is -0.703. The molecule has 1 heterocycles. The standard InChI is InChI=1S/C19H25N3O4/c1-2-26-18(24)13-5-7-15(8-6-13)20-17(23)14-4-3-11-22(12-14)19(25)21-16-9-10-16/h5-8,14,16H,2-4,9-12H2,1H3,(H,20,23)(H,21,25). The van der Waals surface area contributed by atoms with Crippen LogP contribution in [0, 0.1) is 5.92 Å². The fourth-order valence-electron chi connectivity index (χ4n) is 3.02. The molecule has 2 fully saturated rings. The van der Waals surface area contributed by atoms with Crippen molar-refractivity contribution in [3.63, 3.8) is 0 Å². The summed E-state index contributed by atoms with van der Waals surface area (Å²) in [4.78, 5) is 38.1. The van der Waals surface area contributed by atoms with E-state index < -0.39 is 0 Å². The monoisotopic (exact) mass is 359 g/mol. The van der Waals surface area contributed by atoms with Crippen LogP contribution in [-0.4, -0.2) is 48.5 Å². The quantitative estimate of drug-likeness (QED) is 0.790. The maximum atomic E-state index is 12.5. The van der Waals surface area contributed by atoms with Crippen LogP contribution in [0.15, 0.2) is 24.3 Å². The molecular weight excluding hydrogens is 334 g/mol. The van der Waals surface area contributed by atoms with Gasteiger partial charge in [-0.3, -0.25) is 4.79 Å². The molecule has 0 spiro atoms. The van der Waals surface area contributed by atoms with Crippen molar-refractivity contribution < 1.29 is 19.1 Å². The van der Waals surface area contributed by atoms with Crippen LogP contribution in [0.2, 0.25) is 0 Å². The van der Waals surface area contributed by atoms with Crippen LogP contribution in [0.1, 0.15) is 43.0 Å². The molecule has 1 aliphatic carbocycles. The second-order valence-electron chi connectivity index (χ2n) is 6.80. The van der Waals surface area contributed by atoms with E-state index in [1.165, 1.54) is 0 Å². The molecule has 1 aliphatic heterocycles. The summed E-state index contributed by atoms with van der Waals surface area (Å²) in [6.45, 7) is 3.20. The molecule has 2 aliphatic rings. The van der Waals surface area contributed by atoms with E-state index in [1.807, 2.05) is 0 Å². The minimum atomic E-state index is -0.380. The number of nitrogens with zero attached hydrogens (tertiary/aromatic N) is 1. The van der Waals surface area contributed by atoms with Crippen molar-refractivity contribution in [2.75, 3.05) is 25.0 Å². The molecule has 0 bridgehead atoms. The minimum absolute atomic E-state index is 0.0659. The Morgan fingerprint density at radius 2 is 1.88 bits per heavy atom. The zero-order valence-electron chi connectivity index (χ0n) is 15.0. The van der Waals surface area contributed by atoms with Gasteiger partial charge < -0.3 is 20.3 Å². The highest BCUT2D eigenvalue weighted by atomic mass is 16.5. The maximum Gasteiger partial charge on any atom is 0.338 e. The second kappa shape index (κ2) is 8.21. The predicted octanol–water partition coefficient (Wildman–Crippen LogP) is 2.39. The third-order valence-corrected chi connectivity index (χ3v) is 4.65. The molecule has 140 valence electrons. The molecule has 0 radical (unpaired) electrons. The Balaban J connectivity index is 1.53. The highest BCUT2D eigenvalue weighted by Crippen LogP contribution is 2.22. The van der Waals surface area contributed by atoms with E-state index in [0.29, 0.717) is 37.0 Å². The van der Waals surface area contributed by atoms with Gasteiger partial charge in [-0.05, 0) is 56.9 Å². The van der Waals surface area contributed by atoms with E-state index in [2.05, 4.69) is 10.6 Å². The third-order valence-electron chi connectivity index (χ3n) is 4.65. The Morgan fingerprint density at radius 1 is 1.15 bits per heavy atom. The number of hydrogen-bond donors (Lipinski definition) is 2. The van der Waals surface area contributed by atoms with Gasteiger partial charge in [0, 0.05) is 24.8 Å². The number of ether oxygens (including phenoxy) is 1. The number of rotatable bonds is 5. The maximum absolute atomic E-state index is 12.5. The van der Waals surface area contributed by atoms with E-state index >= 15 is 0 Å². The number of amides is 3. The van der Waals surface area contributed by atoms with Gasteiger partial charge in [0.05, 0.1) is 18.1 Å². The van der Waals surface area contributed by atoms with Crippen LogP contribution in [-0.2, 0) is 9.53 Å². The third kappa shape index (κ3) is 4.74. The number of likely N-dealkylation sites (tertiary alicyclic amines) is 1. The largest absolute Gasteiger partial charge is 0.462 e. The Labute approximate surface area is 153 Å². The lowest BCUT2D eigenvalue weighted by atomic mass is 9.97. The average molecular weight is 359 g/mol. The molecule has 3 amide bonds. The van der Waals surface area contributed by atoms with Crippen LogP contribution in [0.3, 0.4) is 0 Å². The number of benzene rings is 1. The number of carbonyl (C=O) groups is 3. The van der Waals surface area contributed by atoms with Crippen LogP contribution in [0.4, 0.5) is 10.5 Å². The Kier molecular flexibility index (Phi) is 5.75. The lowest BCUT2D eigenvalue weighted by molar-refractivity contribution is -0.121. The SMILES string of the molecule is CCOC(=O)c1ccc(NC(=O)C2CCCN(C(=O)NC3CC3)C2)cc1. The van der Waals surface area contributed by atoms with Crippen LogP contribution in [0.5, 0.6) is 0 Å². The van der Waals surface area contributed by atoms with Gasteiger partial charge in [0.2, 0.25) is 5.91 Å². The molecule has 26 heavy (non-hydrogen) atoms. The summed E-state index contributed by atoms with van der Waals surface area (Å²) in [5, 5.41) is 5.84. The lowest BCUT2D eigenvalue weighted by Crippen LogP contribution is -2.48. The van der Waals surface area contributed by atoms with Crippen molar-refractivity contribution in [3.8, 4) is 0 Å². The summed E-state index contributed by atoms with van der Waals surface area (Å²) < 4.78 is 4.94.